The molecule has 0 fully saturated rings. The molecule has 1 N–H and O–H groups in total. The van der Waals surface area contributed by atoms with Crippen LogP contribution >= 0.6 is 0 Å². The van der Waals surface area contributed by atoms with Crippen LogP contribution in [0.4, 0.5) is 0 Å². The van der Waals surface area contributed by atoms with E-state index in [0.29, 0.717) is 5.75 Å². The molecule has 1 atom stereocenters. The van der Waals surface area contributed by atoms with E-state index in [1.165, 1.54) is 0 Å². The van der Waals surface area contributed by atoms with Gasteiger partial charge in [0.25, 0.3) is 0 Å². The maximum absolute atomic E-state index is 9.65. The number of para-hydroxylation sites is 1. The molecule has 0 saturated heterocycles. The summed E-state index contributed by atoms with van der Waals surface area (Å²) in [5, 5.41) is 9.65. The molecule has 0 bridgehead atoms. The molecule has 1 aromatic carbocycles. The number of rotatable bonds is 0. The Morgan fingerprint density at radius 2 is 2.13 bits per heavy atom. The Morgan fingerprint density at radius 1 is 1.20 bits per heavy atom. The van der Waals surface area contributed by atoms with Gasteiger partial charge in [0.2, 0.25) is 0 Å². The summed E-state index contributed by atoms with van der Waals surface area (Å²) in [6.45, 7) is 0. The SMILES string of the molecule is Oc1cccc2c1OC1C=CC=CC1=C2. The van der Waals surface area contributed by atoms with Gasteiger partial charge in [-0.05, 0) is 23.8 Å². The quantitative estimate of drug-likeness (QED) is 0.694. The Hall–Kier alpha value is -1.96. The third kappa shape index (κ3) is 1.26. The molecular weight excluding hydrogens is 188 g/mol. The first-order chi connectivity index (χ1) is 7.34. The fourth-order valence-electron chi connectivity index (χ4n) is 1.87. The van der Waals surface area contributed by atoms with Crippen LogP contribution in [0.3, 0.4) is 0 Å². The van der Waals surface area contributed by atoms with Crippen LogP contribution in [0.25, 0.3) is 6.08 Å². The molecule has 0 amide bonds. The van der Waals surface area contributed by atoms with Gasteiger partial charge in [-0.15, -0.1) is 0 Å². The second-order valence-electron chi connectivity index (χ2n) is 3.62. The summed E-state index contributed by atoms with van der Waals surface area (Å²) >= 11 is 0. The standard InChI is InChI=1S/C13H10O2/c14-11-6-3-5-10-8-9-4-1-2-7-12(9)15-13(10)11/h1-8,12,14H. The molecule has 2 heteroatoms. The average molecular weight is 198 g/mol. The lowest BCUT2D eigenvalue weighted by molar-refractivity contribution is 0.268. The van der Waals surface area contributed by atoms with Crippen LogP contribution in [0.5, 0.6) is 11.5 Å². The van der Waals surface area contributed by atoms with E-state index in [2.05, 4.69) is 0 Å². The number of benzene rings is 1. The fraction of sp³-hybridized carbons (Fsp3) is 0.0769. The summed E-state index contributed by atoms with van der Waals surface area (Å²) in [4.78, 5) is 0. The van der Waals surface area contributed by atoms with Gasteiger partial charge in [0.05, 0.1) is 0 Å². The topological polar surface area (TPSA) is 29.5 Å². The Bertz CT molecular complexity index is 495. The van der Waals surface area contributed by atoms with Gasteiger partial charge in [-0.1, -0.05) is 30.4 Å². The van der Waals surface area contributed by atoms with Crippen LogP contribution in [-0.4, -0.2) is 11.2 Å². The zero-order chi connectivity index (χ0) is 10.3. The largest absolute Gasteiger partial charge is 0.504 e. The second-order valence-corrected chi connectivity index (χ2v) is 3.62. The minimum absolute atomic E-state index is 0.0594. The van der Waals surface area contributed by atoms with E-state index in [1.807, 2.05) is 42.5 Å². The van der Waals surface area contributed by atoms with E-state index < -0.39 is 0 Å². The van der Waals surface area contributed by atoms with Gasteiger partial charge >= 0.3 is 0 Å². The highest BCUT2D eigenvalue weighted by molar-refractivity contribution is 5.69. The lowest BCUT2D eigenvalue weighted by atomic mass is 9.98. The van der Waals surface area contributed by atoms with Gasteiger partial charge in [0, 0.05) is 5.56 Å². The summed E-state index contributed by atoms with van der Waals surface area (Å²) in [5.41, 5.74) is 2.05. The van der Waals surface area contributed by atoms with E-state index >= 15 is 0 Å². The highest BCUT2D eigenvalue weighted by Crippen LogP contribution is 2.38. The minimum atomic E-state index is -0.0594. The van der Waals surface area contributed by atoms with Crippen molar-refractivity contribution < 1.29 is 9.84 Å². The zero-order valence-corrected chi connectivity index (χ0v) is 8.05. The van der Waals surface area contributed by atoms with Crippen molar-refractivity contribution in [3.05, 3.63) is 53.6 Å². The molecule has 0 radical (unpaired) electrons. The third-order valence-electron chi connectivity index (χ3n) is 2.61. The van der Waals surface area contributed by atoms with Crippen molar-refractivity contribution in [2.75, 3.05) is 0 Å². The number of phenols is 1. The van der Waals surface area contributed by atoms with Crippen LogP contribution in [-0.2, 0) is 0 Å². The number of fused-ring (bicyclic) bond motifs is 2. The summed E-state index contributed by atoms with van der Waals surface area (Å²) in [5.74, 6) is 0.775. The second kappa shape index (κ2) is 3.02. The van der Waals surface area contributed by atoms with Crippen molar-refractivity contribution in [3.8, 4) is 11.5 Å². The van der Waals surface area contributed by atoms with Crippen molar-refractivity contribution in [3.63, 3.8) is 0 Å². The van der Waals surface area contributed by atoms with E-state index in [-0.39, 0.29) is 11.9 Å². The molecule has 0 saturated carbocycles. The molecule has 2 nitrogen and oxygen atoms in total. The van der Waals surface area contributed by atoms with Gasteiger partial charge in [-0.25, -0.2) is 0 Å². The minimum Gasteiger partial charge on any atom is -0.504 e. The number of hydrogen-bond acceptors (Lipinski definition) is 2. The van der Waals surface area contributed by atoms with E-state index in [9.17, 15) is 5.11 Å². The van der Waals surface area contributed by atoms with Crippen LogP contribution in [0.1, 0.15) is 5.56 Å². The summed E-state index contributed by atoms with van der Waals surface area (Å²) in [6.07, 6.45) is 9.92. The third-order valence-corrected chi connectivity index (χ3v) is 2.61. The zero-order valence-electron chi connectivity index (χ0n) is 8.05. The summed E-state index contributed by atoms with van der Waals surface area (Å²) in [7, 11) is 0. The van der Waals surface area contributed by atoms with Crippen molar-refractivity contribution in [2.24, 2.45) is 0 Å². The molecule has 15 heavy (non-hydrogen) atoms. The molecule has 0 aromatic heterocycles. The first kappa shape index (κ1) is 8.36. The fourth-order valence-corrected chi connectivity index (χ4v) is 1.87. The van der Waals surface area contributed by atoms with Crippen molar-refractivity contribution in [2.45, 2.75) is 6.10 Å². The highest BCUT2D eigenvalue weighted by Gasteiger charge is 2.21. The molecule has 2 aliphatic rings. The monoisotopic (exact) mass is 198 g/mol. The number of hydrogen-bond donors (Lipinski definition) is 1. The van der Waals surface area contributed by atoms with Crippen molar-refractivity contribution in [1.82, 2.24) is 0 Å². The van der Waals surface area contributed by atoms with Crippen LogP contribution in [0.2, 0.25) is 0 Å². The van der Waals surface area contributed by atoms with Gasteiger partial charge in [0.15, 0.2) is 11.5 Å². The maximum atomic E-state index is 9.65. The van der Waals surface area contributed by atoms with E-state index in [0.717, 1.165) is 11.1 Å². The Kier molecular flexibility index (Phi) is 1.68. The molecule has 0 spiro atoms. The lowest BCUT2D eigenvalue weighted by Gasteiger charge is -2.25. The molecule has 1 aliphatic carbocycles. The normalized spacial score (nSPS) is 21.3. The molecule has 1 unspecified atom stereocenters. The Balaban J connectivity index is 2.16. The predicted octanol–water partition coefficient (Wildman–Crippen LogP) is 2.66. The highest BCUT2D eigenvalue weighted by atomic mass is 16.5. The smallest absolute Gasteiger partial charge is 0.169 e. The van der Waals surface area contributed by atoms with E-state index in [4.69, 9.17) is 4.74 Å². The van der Waals surface area contributed by atoms with Crippen molar-refractivity contribution >= 4 is 6.08 Å². The number of aromatic hydroxyl groups is 1. The Labute approximate surface area is 87.8 Å². The molecule has 1 aliphatic heterocycles. The van der Waals surface area contributed by atoms with Gasteiger partial charge in [-0.2, -0.15) is 0 Å². The molecule has 1 heterocycles. The molecule has 3 rings (SSSR count). The van der Waals surface area contributed by atoms with Gasteiger partial charge in [-0.3, -0.25) is 0 Å². The lowest BCUT2D eigenvalue weighted by Crippen LogP contribution is -2.20. The maximum Gasteiger partial charge on any atom is 0.169 e. The van der Waals surface area contributed by atoms with Gasteiger partial charge in [0.1, 0.15) is 6.10 Å². The number of ether oxygens (including phenoxy) is 1. The average Bonchev–Trinajstić information content (AvgIpc) is 2.27. The van der Waals surface area contributed by atoms with Crippen molar-refractivity contribution in [1.29, 1.82) is 0 Å². The Morgan fingerprint density at radius 3 is 3.07 bits per heavy atom. The first-order valence-electron chi connectivity index (χ1n) is 4.90. The van der Waals surface area contributed by atoms with Crippen LogP contribution < -0.4 is 4.74 Å². The number of phenolic OH excluding ortho intramolecular Hbond substituents is 1. The molecular formula is C13H10O2. The first-order valence-corrected chi connectivity index (χ1v) is 4.90. The predicted molar refractivity (Wildman–Crippen MR) is 58.8 cm³/mol. The van der Waals surface area contributed by atoms with Crippen LogP contribution in [0, 0.1) is 0 Å². The van der Waals surface area contributed by atoms with E-state index in [1.54, 1.807) is 6.07 Å². The number of allylic oxidation sites excluding steroid dienone is 2. The summed E-state index contributed by atoms with van der Waals surface area (Å²) in [6, 6.07) is 5.39. The van der Waals surface area contributed by atoms with Gasteiger partial charge < -0.3 is 9.84 Å². The molecule has 1 aromatic rings. The van der Waals surface area contributed by atoms with Crippen LogP contribution in [0.15, 0.2) is 48.1 Å². The summed E-state index contributed by atoms with van der Waals surface area (Å²) < 4.78 is 5.71. The molecule has 74 valence electrons.